The van der Waals surface area contributed by atoms with Gasteiger partial charge in [0.25, 0.3) is 0 Å². The molecule has 0 aliphatic carbocycles. The molecule has 0 bridgehead atoms. The molecule has 0 heterocycles. The van der Waals surface area contributed by atoms with Crippen molar-refractivity contribution in [1.29, 1.82) is 0 Å². The number of hydrogen-bond donors (Lipinski definition) is 1. The number of hydrogen-bond acceptors (Lipinski definition) is 2. The predicted molar refractivity (Wildman–Crippen MR) is 63.8 cm³/mol. The summed E-state index contributed by atoms with van der Waals surface area (Å²) >= 11 is 0. The molecule has 1 rings (SSSR count). The molecule has 0 aromatic heterocycles. The largest absolute Gasteiger partial charge is 0.377 e. The minimum absolute atomic E-state index is 0.192. The second-order valence-corrected chi connectivity index (χ2v) is 3.89. The van der Waals surface area contributed by atoms with Crippen LogP contribution in [0.4, 0.5) is 4.39 Å². The van der Waals surface area contributed by atoms with E-state index in [9.17, 15) is 4.39 Å². The van der Waals surface area contributed by atoms with E-state index >= 15 is 0 Å². The van der Waals surface area contributed by atoms with Crippen LogP contribution in [0.2, 0.25) is 0 Å². The molecule has 3 heteroatoms. The van der Waals surface area contributed by atoms with Crippen molar-refractivity contribution in [2.75, 3.05) is 13.2 Å². The molecule has 16 heavy (non-hydrogen) atoms. The molecular weight excluding hydrogens is 205 g/mol. The molecule has 1 N–H and O–H groups in total. The lowest BCUT2D eigenvalue weighted by atomic mass is 10.2. The number of ether oxygens (including phenoxy) is 1. The number of nitrogens with one attached hydrogen (secondary N) is 1. The highest BCUT2D eigenvalue weighted by atomic mass is 19.1. The molecule has 0 amide bonds. The fraction of sp³-hybridized carbons (Fsp3) is 0.538. The van der Waals surface area contributed by atoms with Gasteiger partial charge in [-0.15, -0.1) is 0 Å². The maximum atomic E-state index is 13.2. The van der Waals surface area contributed by atoms with Crippen molar-refractivity contribution in [3.8, 4) is 0 Å². The smallest absolute Gasteiger partial charge is 0.128 e. The predicted octanol–water partition coefficient (Wildman–Crippen LogP) is 2.73. The van der Waals surface area contributed by atoms with Gasteiger partial charge in [-0.2, -0.15) is 0 Å². The van der Waals surface area contributed by atoms with Crippen LogP contribution in [-0.2, 0) is 11.3 Å². The van der Waals surface area contributed by atoms with E-state index in [0.29, 0.717) is 24.8 Å². The zero-order chi connectivity index (χ0) is 11.8. The summed E-state index contributed by atoms with van der Waals surface area (Å²) in [5.41, 5.74) is 0.624. The van der Waals surface area contributed by atoms with Gasteiger partial charge >= 0.3 is 0 Å². The van der Waals surface area contributed by atoms with E-state index in [1.807, 2.05) is 6.07 Å². The maximum Gasteiger partial charge on any atom is 0.128 e. The topological polar surface area (TPSA) is 21.3 Å². The van der Waals surface area contributed by atoms with Crippen molar-refractivity contribution in [3.05, 3.63) is 35.6 Å². The van der Waals surface area contributed by atoms with E-state index in [2.05, 4.69) is 19.2 Å². The third-order valence-corrected chi connectivity index (χ3v) is 2.46. The van der Waals surface area contributed by atoms with E-state index in [-0.39, 0.29) is 5.82 Å². The summed E-state index contributed by atoms with van der Waals surface area (Å²) in [6.45, 7) is 6.18. The average Bonchev–Trinajstić information content (AvgIpc) is 2.27. The molecule has 0 aliphatic heterocycles. The third kappa shape index (κ3) is 4.73. The first-order valence-corrected chi connectivity index (χ1v) is 5.78. The van der Waals surface area contributed by atoms with Crippen LogP contribution in [-0.4, -0.2) is 19.2 Å². The number of halogens is 1. The summed E-state index contributed by atoms with van der Waals surface area (Å²) in [7, 11) is 0. The van der Waals surface area contributed by atoms with Gasteiger partial charge < -0.3 is 10.1 Å². The van der Waals surface area contributed by atoms with Gasteiger partial charge in [0.2, 0.25) is 0 Å². The van der Waals surface area contributed by atoms with Gasteiger partial charge in [-0.3, -0.25) is 0 Å². The van der Waals surface area contributed by atoms with Crippen molar-refractivity contribution in [2.45, 2.75) is 32.9 Å². The highest BCUT2D eigenvalue weighted by molar-refractivity contribution is 5.16. The van der Waals surface area contributed by atoms with E-state index in [1.54, 1.807) is 12.1 Å². The minimum atomic E-state index is -0.192. The quantitative estimate of drug-likeness (QED) is 0.720. The molecule has 0 aliphatic rings. The van der Waals surface area contributed by atoms with Crippen LogP contribution in [0.3, 0.4) is 0 Å². The van der Waals surface area contributed by atoms with Gasteiger partial charge in [0.1, 0.15) is 5.82 Å². The summed E-state index contributed by atoms with van der Waals surface area (Å²) in [6.07, 6.45) is 0.947. The van der Waals surface area contributed by atoms with Gasteiger partial charge in [0.05, 0.1) is 6.61 Å². The molecule has 0 fully saturated rings. The Labute approximate surface area is 96.8 Å². The summed E-state index contributed by atoms with van der Waals surface area (Å²) in [5.74, 6) is -0.192. The van der Waals surface area contributed by atoms with Gasteiger partial charge in [-0.1, -0.05) is 25.1 Å². The first-order valence-electron chi connectivity index (χ1n) is 5.78. The minimum Gasteiger partial charge on any atom is -0.377 e. The molecule has 1 aromatic rings. The molecule has 2 nitrogen and oxygen atoms in total. The standard InChI is InChI=1S/C13H20FNO/c1-3-15-11(2)8-9-16-10-12-6-4-5-7-13(12)14/h4-7,11,15H,3,8-10H2,1-2H3. The van der Waals surface area contributed by atoms with Crippen molar-refractivity contribution in [2.24, 2.45) is 0 Å². The normalized spacial score (nSPS) is 12.7. The molecule has 1 atom stereocenters. The molecule has 1 aromatic carbocycles. The Morgan fingerprint density at radius 2 is 2.12 bits per heavy atom. The van der Waals surface area contributed by atoms with Crippen molar-refractivity contribution in [1.82, 2.24) is 5.32 Å². The van der Waals surface area contributed by atoms with E-state index < -0.39 is 0 Å². The second kappa shape index (κ2) is 7.36. The fourth-order valence-electron chi connectivity index (χ4n) is 1.51. The van der Waals surface area contributed by atoms with Crippen LogP contribution < -0.4 is 5.32 Å². The highest BCUT2D eigenvalue weighted by Crippen LogP contribution is 2.07. The first-order chi connectivity index (χ1) is 7.74. The van der Waals surface area contributed by atoms with Crippen LogP contribution in [0.5, 0.6) is 0 Å². The summed E-state index contributed by atoms with van der Waals surface area (Å²) < 4.78 is 18.6. The Morgan fingerprint density at radius 3 is 2.81 bits per heavy atom. The first kappa shape index (κ1) is 13.1. The molecule has 1 unspecified atom stereocenters. The van der Waals surface area contributed by atoms with Crippen LogP contribution in [0.25, 0.3) is 0 Å². The summed E-state index contributed by atoms with van der Waals surface area (Å²) in [6, 6.07) is 7.17. The second-order valence-electron chi connectivity index (χ2n) is 3.89. The SMILES string of the molecule is CCNC(C)CCOCc1ccccc1F. The molecule has 0 spiro atoms. The Morgan fingerprint density at radius 1 is 1.38 bits per heavy atom. The van der Waals surface area contributed by atoms with E-state index in [4.69, 9.17) is 4.74 Å². The van der Waals surface area contributed by atoms with Crippen molar-refractivity contribution < 1.29 is 9.13 Å². The fourth-order valence-corrected chi connectivity index (χ4v) is 1.51. The number of benzene rings is 1. The van der Waals surface area contributed by atoms with Gasteiger partial charge in [0, 0.05) is 18.2 Å². The van der Waals surface area contributed by atoms with Gasteiger partial charge in [-0.25, -0.2) is 4.39 Å². The Kier molecular flexibility index (Phi) is 6.04. The van der Waals surface area contributed by atoms with Crippen LogP contribution in [0.1, 0.15) is 25.8 Å². The highest BCUT2D eigenvalue weighted by Gasteiger charge is 2.02. The number of rotatable bonds is 7. The molecule has 90 valence electrons. The molecular formula is C13H20FNO. The molecule has 0 radical (unpaired) electrons. The Bertz CT molecular complexity index is 304. The lowest BCUT2D eigenvalue weighted by Crippen LogP contribution is -2.26. The monoisotopic (exact) mass is 225 g/mol. The lowest BCUT2D eigenvalue weighted by molar-refractivity contribution is 0.110. The van der Waals surface area contributed by atoms with Crippen molar-refractivity contribution in [3.63, 3.8) is 0 Å². The van der Waals surface area contributed by atoms with Gasteiger partial charge in [-0.05, 0) is 26.0 Å². The maximum absolute atomic E-state index is 13.2. The van der Waals surface area contributed by atoms with Gasteiger partial charge in [0.15, 0.2) is 0 Å². The Hall–Kier alpha value is -0.930. The van der Waals surface area contributed by atoms with Crippen LogP contribution >= 0.6 is 0 Å². The lowest BCUT2D eigenvalue weighted by Gasteiger charge is -2.12. The summed E-state index contributed by atoms with van der Waals surface area (Å²) in [4.78, 5) is 0. The summed E-state index contributed by atoms with van der Waals surface area (Å²) in [5, 5.41) is 3.30. The average molecular weight is 225 g/mol. The zero-order valence-electron chi connectivity index (χ0n) is 10.0. The third-order valence-electron chi connectivity index (χ3n) is 2.46. The Balaban J connectivity index is 2.19. The van der Waals surface area contributed by atoms with Crippen LogP contribution in [0.15, 0.2) is 24.3 Å². The van der Waals surface area contributed by atoms with E-state index in [1.165, 1.54) is 6.07 Å². The van der Waals surface area contributed by atoms with Crippen molar-refractivity contribution >= 4 is 0 Å². The molecule has 0 saturated carbocycles. The molecule has 0 saturated heterocycles. The van der Waals surface area contributed by atoms with E-state index in [0.717, 1.165) is 13.0 Å². The van der Waals surface area contributed by atoms with Crippen LogP contribution in [0, 0.1) is 5.82 Å². The zero-order valence-corrected chi connectivity index (χ0v) is 10.0.